The quantitative estimate of drug-likeness (QED) is 0.569. The molecule has 0 fully saturated rings. The zero-order valence-electron chi connectivity index (χ0n) is 6.01. The van der Waals surface area contributed by atoms with Crippen LogP contribution < -0.4 is 58.2 Å². The molecule has 0 aromatic rings. The van der Waals surface area contributed by atoms with Gasteiger partial charge in [0.25, 0.3) is 0 Å². The molecule has 0 aromatic heterocycles. The van der Waals surface area contributed by atoms with E-state index in [0.717, 1.165) is 0 Å². The van der Waals surface area contributed by atoms with Crippen molar-refractivity contribution in [2.24, 2.45) is 0 Å². The summed E-state index contributed by atoms with van der Waals surface area (Å²) >= 11 is 0. The Hall–Kier alpha value is 1.73. The zero-order valence-corrected chi connectivity index (χ0v) is 12.3. The van der Waals surface area contributed by atoms with Crippen molar-refractivity contribution in [3.8, 4) is 0 Å². The van der Waals surface area contributed by atoms with Crippen LogP contribution in [0.3, 0.4) is 0 Å². The van der Waals surface area contributed by atoms with Gasteiger partial charge in [0, 0.05) is 18.6 Å². The first-order valence-electron chi connectivity index (χ1n) is 2.24. The smallest absolute Gasteiger partial charge is 0.503 e. The van der Waals surface area contributed by atoms with E-state index >= 15 is 0 Å². The maximum Gasteiger partial charge on any atom is 1.00 e. The van der Waals surface area contributed by atoms with Crippen LogP contribution in [0.5, 0.6) is 0 Å². The summed E-state index contributed by atoms with van der Waals surface area (Å²) in [6, 6.07) is 0. The molecular formula is C5H9O2RbV. The summed E-state index contributed by atoms with van der Waals surface area (Å²) in [4.78, 5) is 9.89. The van der Waals surface area contributed by atoms with E-state index in [4.69, 9.17) is 5.11 Å². The van der Waals surface area contributed by atoms with E-state index in [2.05, 4.69) is 0 Å². The van der Waals surface area contributed by atoms with Crippen molar-refractivity contribution in [3.63, 3.8) is 0 Å². The van der Waals surface area contributed by atoms with Crippen LogP contribution in [0, 0.1) is 5.92 Å². The molecule has 0 atom stereocenters. The summed E-state index contributed by atoms with van der Waals surface area (Å²) in [5.74, 6) is -0.275. The molecule has 0 spiro atoms. The van der Waals surface area contributed by atoms with Gasteiger partial charge in [-0.05, 0) is 0 Å². The molecule has 0 unspecified atom stereocenters. The molecule has 1 N–H and O–H groups in total. The summed E-state index contributed by atoms with van der Waals surface area (Å²) < 4.78 is 0. The minimum atomic E-state index is -0.789. The van der Waals surface area contributed by atoms with Gasteiger partial charge in [-0.15, -0.1) is 0 Å². The molecule has 0 heterocycles. The first kappa shape index (κ1) is 17.0. The van der Waals surface area contributed by atoms with E-state index in [9.17, 15) is 4.79 Å². The van der Waals surface area contributed by atoms with Crippen LogP contribution in [0.2, 0.25) is 0 Å². The Bertz CT molecular complexity index is 77.4. The molecule has 4 heteroatoms. The fourth-order valence-corrected chi connectivity index (χ4v) is 0.151. The normalized spacial score (nSPS) is 6.44. The molecule has 0 saturated carbocycles. The zero-order chi connectivity index (χ0) is 5.86. The van der Waals surface area contributed by atoms with Crippen molar-refractivity contribution in [2.75, 3.05) is 0 Å². The first-order chi connectivity index (χ1) is 3.18. The minimum absolute atomic E-state index is 0. The second-order valence-corrected chi connectivity index (χ2v) is 1.44. The van der Waals surface area contributed by atoms with Crippen LogP contribution in [0.25, 0.3) is 0 Å². The Labute approximate surface area is 116 Å². The molecule has 0 aliphatic carbocycles. The fourth-order valence-electron chi connectivity index (χ4n) is 0.151. The molecule has 0 aromatic carbocycles. The maximum absolute atomic E-state index is 9.89. The number of carbonyl (C=O) groups is 1. The van der Waals surface area contributed by atoms with E-state index in [1.807, 2.05) is 6.92 Å². The predicted molar refractivity (Wildman–Crippen MR) is 26.8 cm³/mol. The van der Waals surface area contributed by atoms with Gasteiger partial charge in [0.15, 0.2) is 5.97 Å². The van der Waals surface area contributed by atoms with Gasteiger partial charge in [-0.1, -0.05) is 6.92 Å². The van der Waals surface area contributed by atoms with Crippen LogP contribution in [-0.2, 0) is 23.4 Å². The Morgan fingerprint density at radius 2 is 2.00 bits per heavy atom. The monoisotopic (exact) mass is 237 g/mol. The Kier molecular flexibility index (Phi) is 18.4. The number of aliphatic carboxylic acids is 1. The molecule has 2 nitrogen and oxygen atoms in total. The Morgan fingerprint density at radius 1 is 1.67 bits per heavy atom. The molecule has 9 heavy (non-hydrogen) atoms. The average Bonchev–Trinajstić information content (AvgIpc) is 1.65. The van der Waals surface area contributed by atoms with Crippen molar-refractivity contribution < 1.29 is 86.6 Å². The summed E-state index contributed by atoms with van der Waals surface area (Å²) in [7, 11) is 0. The molecule has 0 amide bonds. The van der Waals surface area contributed by atoms with Crippen LogP contribution in [0.4, 0.5) is 0 Å². The van der Waals surface area contributed by atoms with Crippen molar-refractivity contribution in [1.29, 1.82) is 0 Å². The molecular weight excluding hydrogens is 228 g/mol. The molecule has 0 bridgehead atoms. The van der Waals surface area contributed by atoms with E-state index < -0.39 is 5.97 Å². The third kappa shape index (κ3) is 9.73. The van der Waals surface area contributed by atoms with Gasteiger partial charge in [-0.3, -0.25) is 10.7 Å². The predicted octanol–water partition coefficient (Wildman–Crippen LogP) is -1.92. The van der Waals surface area contributed by atoms with Gasteiger partial charge in [0.1, 0.15) is 0 Å². The topological polar surface area (TPSA) is 37.3 Å². The molecule has 0 aliphatic heterocycles. The molecule has 1 radical (unpaired) electrons. The van der Waals surface area contributed by atoms with E-state index in [0.29, 0.717) is 12.3 Å². The maximum atomic E-state index is 9.89. The molecule has 0 rings (SSSR count). The van der Waals surface area contributed by atoms with Gasteiger partial charge in [-0.2, -0.15) is 13.3 Å². The van der Waals surface area contributed by atoms with Crippen LogP contribution in [0.1, 0.15) is 20.3 Å². The Morgan fingerprint density at radius 3 is 2.00 bits per heavy atom. The number of hydrogen-bond acceptors (Lipinski definition) is 1. The fraction of sp³-hybridized carbons (Fsp3) is 0.600. The van der Waals surface area contributed by atoms with Gasteiger partial charge in [0.05, 0.1) is 0 Å². The number of rotatable bonds is 2. The number of carboxylic acid groups (broad SMARTS) is 1. The second kappa shape index (κ2) is 9.73. The van der Waals surface area contributed by atoms with E-state index in [1.54, 1.807) is 6.92 Å². The third-order valence-electron chi connectivity index (χ3n) is 0.895. The SMILES string of the molecule is CC[C-](C)C(=O)O.[Rb+].[V]. The van der Waals surface area contributed by atoms with Crippen molar-refractivity contribution >= 4 is 5.97 Å². The summed E-state index contributed by atoms with van der Waals surface area (Å²) in [6.45, 7) is 3.44. The number of hydrogen-bond donors (Lipinski definition) is 1. The van der Waals surface area contributed by atoms with E-state index in [-0.39, 0.29) is 76.7 Å². The number of carboxylic acids is 1. The average molecular weight is 238 g/mol. The standard InChI is InChI=1S/C5H9O2.Rb.V/c1-3-4(2)5(6)7;;/h3H2,1-2H3,(H,6,7);;/q-1;+1;. The van der Waals surface area contributed by atoms with Crippen LogP contribution in [0.15, 0.2) is 0 Å². The Balaban J connectivity index is -0.000000180. The first-order valence-corrected chi connectivity index (χ1v) is 2.24. The van der Waals surface area contributed by atoms with E-state index in [1.165, 1.54) is 0 Å². The minimum Gasteiger partial charge on any atom is -0.503 e. The largest absolute Gasteiger partial charge is 1.00 e. The van der Waals surface area contributed by atoms with Crippen LogP contribution in [-0.4, -0.2) is 11.1 Å². The van der Waals surface area contributed by atoms with Crippen molar-refractivity contribution in [1.82, 2.24) is 0 Å². The molecule has 0 saturated heterocycles. The molecule has 47 valence electrons. The van der Waals surface area contributed by atoms with Crippen molar-refractivity contribution in [3.05, 3.63) is 5.92 Å². The van der Waals surface area contributed by atoms with Gasteiger partial charge >= 0.3 is 58.2 Å². The third-order valence-corrected chi connectivity index (χ3v) is 0.895. The summed E-state index contributed by atoms with van der Waals surface area (Å²) in [5.41, 5.74) is 0. The second-order valence-electron chi connectivity index (χ2n) is 1.44. The summed E-state index contributed by atoms with van der Waals surface area (Å²) in [6.07, 6.45) is 0.634. The van der Waals surface area contributed by atoms with Gasteiger partial charge in [0.2, 0.25) is 0 Å². The van der Waals surface area contributed by atoms with Crippen LogP contribution >= 0.6 is 0 Å². The molecule has 0 aliphatic rings. The van der Waals surface area contributed by atoms with Crippen molar-refractivity contribution in [2.45, 2.75) is 20.3 Å². The van der Waals surface area contributed by atoms with Gasteiger partial charge in [-0.25, -0.2) is 0 Å². The summed E-state index contributed by atoms with van der Waals surface area (Å²) in [5, 5.41) is 8.14. The van der Waals surface area contributed by atoms with Gasteiger partial charge < -0.3 is 5.11 Å².